The van der Waals surface area contributed by atoms with Crippen LogP contribution in [0.3, 0.4) is 0 Å². The van der Waals surface area contributed by atoms with Crippen LogP contribution >= 0.6 is 23.2 Å². The molecule has 0 unspecified atom stereocenters. The molecule has 0 bridgehead atoms. The number of rotatable bonds is 8. The van der Waals surface area contributed by atoms with E-state index in [9.17, 15) is 4.39 Å². The molecule has 0 atom stereocenters. The minimum Gasteiger partial charge on any atom is -0.490 e. The third-order valence-electron chi connectivity index (χ3n) is 4.07. The zero-order chi connectivity index (χ0) is 19.9. The van der Waals surface area contributed by atoms with Crippen molar-refractivity contribution in [2.75, 3.05) is 11.9 Å². The molecular formula is C22H20Cl2FNO2. The minimum atomic E-state index is -0.289. The molecule has 0 radical (unpaired) electrons. The maximum atomic E-state index is 13.8. The molecule has 0 saturated heterocycles. The molecule has 3 nitrogen and oxygen atoms in total. The van der Waals surface area contributed by atoms with Crippen molar-refractivity contribution < 1.29 is 13.9 Å². The Bertz CT molecular complexity index is 950. The monoisotopic (exact) mass is 419 g/mol. The van der Waals surface area contributed by atoms with E-state index < -0.39 is 0 Å². The Morgan fingerprint density at radius 2 is 1.71 bits per heavy atom. The van der Waals surface area contributed by atoms with Gasteiger partial charge in [-0.05, 0) is 48.9 Å². The Labute approximate surface area is 174 Å². The predicted octanol–water partition coefficient (Wildman–Crippen LogP) is 6.72. The van der Waals surface area contributed by atoms with Crippen molar-refractivity contribution in [2.24, 2.45) is 0 Å². The number of anilines is 1. The largest absolute Gasteiger partial charge is 0.490 e. The van der Waals surface area contributed by atoms with E-state index in [1.165, 1.54) is 6.07 Å². The Balaban J connectivity index is 1.69. The molecule has 0 heterocycles. The molecule has 0 fully saturated rings. The van der Waals surface area contributed by atoms with Gasteiger partial charge in [-0.2, -0.15) is 0 Å². The fourth-order valence-electron chi connectivity index (χ4n) is 2.63. The second-order valence-corrected chi connectivity index (χ2v) is 6.89. The second-order valence-electron chi connectivity index (χ2n) is 6.08. The van der Waals surface area contributed by atoms with Crippen LogP contribution in [0.1, 0.15) is 18.1 Å². The van der Waals surface area contributed by atoms with Crippen LogP contribution in [0.2, 0.25) is 10.0 Å². The quantitative estimate of drug-likeness (QED) is 0.439. The Morgan fingerprint density at radius 3 is 2.46 bits per heavy atom. The molecule has 3 rings (SSSR count). The summed E-state index contributed by atoms with van der Waals surface area (Å²) in [7, 11) is 0. The van der Waals surface area contributed by atoms with Crippen molar-refractivity contribution >= 4 is 28.9 Å². The number of halogens is 3. The standard InChI is InChI=1S/C22H20Cl2FNO2/c1-2-27-22-11-15(13-26-17-8-9-18(23)19(24)12-17)7-10-21(22)28-14-16-5-3-4-6-20(16)25/h3-12,26H,2,13-14H2,1H3. The fourth-order valence-corrected chi connectivity index (χ4v) is 2.93. The molecular weight excluding hydrogens is 400 g/mol. The molecule has 0 saturated carbocycles. The lowest BCUT2D eigenvalue weighted by Crippen LogP contribution is -2.04. The third-order valence-corrected chi connectivity index (χ3v) is 4.80. The second kappa shape index (κ2) is 9.67. The van der Waals surface area contributed by atoms with Gasteiger partial charge in [0, 0.05) is 17.8 Å². The van der Waals surface area contributed by atoms with Crippen molar-refractivity contribution in [3.8, 4) is 11.5 Å². The van der Waals surface area contributed by atoms with Crippen molar-refractivity contribution in [1.29, 1.82) is 0 Å². The number of nitrogens with one attached hydrogen (secondary N) is 1. The van der Waals surface area contributed by atoms with E-state index in [1.807, 2.05) is 31.2 Å². The maximum absolute atomic E-state index is 13.8. The first-order valence-electron chi connectivity index (χ1n) is 8.87. The van der Waals surface area contributed by atoms with Gasteiger partial charge in [0.2, 0.25) is 0 Å². The Morgan fingerprint density at radius 1 is 0.893 bits per heavy atom. The normalized spacial score (nSPS) is 10.6. The maximum Gasteiger partial charge on any atom is 0.161 e. The number of hydrogen-bond acceptors (Lipinski definition) is 3. The van der Waals surface area contributed by atoms with Gasteiger partial charge in [0.05, 0.1) is 16.7 Å². The summed E-state index contributed by atoms with van der Waals surface area (Å²) in [5.74, 6) is 0.901. The van der Waals surface area contributed by atoms with E-state index >= 15 is 0 Å². The summed E-state index contributed by atoms with van der Waals surface area (Å²) in [5.41, 5.74) is 2.37. The lowest BCUT2D eigenvalue weighted by molar-refractivity contribution is 0.265. The molecule has 146 valence electrons. The molecule has 6 heteroatoms. The Kier molecular flexibility index (Phi) is 7.01. The molecule has 28 heavy (non-hydrogen) atoms. The van der Waals surface area contributed by atoms with Crippen molar-refractivity contribution in [2.45, 2.75) is 20.1 Å². The highest BCUT2D eigenvalue weighted by molar-refractivity contribution is 6.42. The van der Waals surface area contributed by atoms with Gasteiger partial charge in [0.15, 0.2) is 11.5 Å². The molecule has 0 aliphatic heterocycles. The minimum absolute atomic E-state index is 0.133. The number of benzene rings is 3. The van der Waals surface area contributed by atoms with Crippen LogP contribution in [-0.4, -0.2) is 6.61 Å². The SMILES string of the molecule is CCOc1cc(CNc2ccc(Cl)c(Cl)c2)ccc1OCc1ccccc1F. The summed E-state index contributed by atoms with van der Waals surface area (Å²) in [6.07, 6.45) is 0. The topological polar surface area (TPSA) is 30.5 Å². The highest BCUT2D eigenvalue weighted by Gasteiger charge is 2.09. The zero-order valence-corrected chi connectivity index (χ0v) is 16.9. The summed E-state index contributed by atoms with van der Waals surface area (Å²) in [6.45, 7) is 3.11. The van der Waals surface area contributed by atoms with Crippen LogP contribution in [-0.2, 0) is 13.2 Å². The summed E-state index contributed by atoms with van der Waals surface area (Å²) in [5, 5.41) is 4.31. The van der Waals surface area contributed by atoms with Crippen molar-refractivity contribution in [3.05, 3.63) is 87.7 Å². The highest BCUT2D eigenvalue weighted by atomic mass is 35.5. The molecule has 0 aliphatic rings. The van der Waals surface area contributed by atoms with Crippen LogP contribution in [0.5, 0.6) is 11.5 Å². The van der Waals surface area contributed by atoms with Crippen LogP contribution < -0.4 is 14.8 Å². The predicted molar refractivity (Wildman–Crippen MR) is 112 cm³/mol. The van der Waals surface area contributed by atoms with E-state index in [0.29, 0.717) is 40.3 Å². The van der Waals surface area contributed by atoms with Gasteiger partial charge in [0.1, 0.15) is 12.4 Å². The third kappa shape index (κ3) is 5.31. The smallest absolute Gasteiger partial charge is 0.161 e. The first-order chi connectivity index (χ1) is 13.6. The summed E-state index contributed by atoms with van der Waals surface area (Å²) in [4.78, 5) is 0. The zero-order valence-electron chi connectivity index (χ0n) is 15.3. The number of ether oxygens (including phenoxy) is 2. The molecule has 0 amide bonds. The molecule has 0 aliphatic carbocycles. The number of hydrogen-bond donors (Lipinski definition) is 1. The molecule has 1 N–H and O–H groups in total. The van der Waals surface area contributed by atoms with Gasteiger partial charge in [-0.25, -0.2) is 4.39 Å². The summed E-state index contributed by atoms with van der Waals surface area (Å²) < 4.78 is 25.3. The van der Waals surface area contributed by atoms with Crippen LogP contribution in [0.15, 0.2) is 60.7 Å². The lowest BCUT2D eigenvalue weighted by atomic mass is 10.2. The molecule has 3 aromatic carbocycles. The molecule has 0 aromatic heterocycles. The van der Waals surface area contributed by atoms with Crippen molar-refractivity contribution in [1.82, 2.24) is 0 Å². The summed E-state index contributed by atoms with van der Waals surface area (Å²) in [6, 6.07) is 17.6. The Hall–Kier alpha value is -2.43. The van der Waals surface area contributed by atoms with Gasteiger partial charge < -0.3 is 14.8 Å². The van der Waals surface area contributed by atoms with Gasteiger partial charge >= 0.3 is 0 Å². The van der Waals surface area contributed by atoms with Gasteiger partial charge in [0.25, 0.3) is 0 Å². The molecule has 3 aromatic rings. The van der Waals surface area contributed by atoms with Crippen LogP contribution in [0.4, 0.5) is 10.1 Å². The van der Waals surface area contributed by atoms with Crippen LogP contribution in [0.25, 0.3) is 0 Å². The average Bonchev–Trinajstić information content (AvgIpc) is 2.69. The van der Waals surface area contributed by atoms with Crippen LogP contribution in [0, 0.1) is 5.82 Å². The lowest BCUT2D eigenvalue weighted by Gasteiger charge is -2.14. The van der Waals surface area contributed by atoms with Crippen molar-refractivity contribution in [3.63, 3.8) is 0 Å². The highest BCUT2D eigenvalue weighted by Crippen LogP contribution is 2.30. The van der Waals surface area contributed by atoms with Gasteiger partial charge in [-0.15, -0.1) is 0 Å². The molecule has 0 spiro atoms. The van der Waals surface area contributed by atoms with E-state index in [-0.39, 0.29) is 12.4 Å². The first-order valence-corrected chi connectivity index (χ1v) is 9.63. The van der Waals surface area contributed by atoms with E-state index in [1.54, 1.807) is 30.3 Å². The fraction of sp³-hybridized carbons (Fsp3) is 0.182. The summed E-state index contributed by atoms with van der Waals surface area (Å²) >= 11 is 12.0. The van der Waals surface area contributed by atoms with E-state index in [4.69, 9.17) is 32.7 Å². The average molecular weight is 420 g/mol. The van der Waals surface area contributed by atoms with Gasteiger partial charge in [-0.1, -0.05) is 47.5 Å². The first kappa shape index (κ1) is 20.3. The van der Waals surface area contributed by atoms with E-state index in [2.05, 4.69) is 5.32 Å². The van der Waals surface area contributed by atoms with Gasteiger partial charge in [-0.3, -0.25) is 0 Å². The van der Waals surface area contributed by atoms with E-state index in [0.717, 1.165) is 11.3 Å².